The second-order valence-electron chi connectivity index (χ2n) is 28.3. The van der Waals surface area contributed by atoms with Crippen molar-refractivity contribution >= 4 is 12.1 Å². The lowest BCUT2D eigenvalue weighted by molar-refractivity contribution is -0.138. The van der Waals surface area contributed by atoms with E-state index in [9.17, 15) is 9.59 Å². The summed E-state index contributed by atoms with van der Waals surface area (Å²) in [5.74, 6) is 4.04. The zero-order chi connectivity index (χ0) is 77.0. The van der Waals surface area contributed by atoms with Gasteiger partial charge in [-0.2, -0.15) is 0 Å². The summed E-state index contributed by atoms with van der Waals surface area (Å²) in [6.07, 6.45) is 16.0. The number of amides is 1. The van der Waals surface area contributed by atoms with Crippen LogP contribution in [-0.2, 0) is 123 Å². The third-order valence-corrected chi connectivity index (χ3v) is 20.1. The van der Waals surface area contributed by atoms with Crippen LogP contribution in [0.25, 0.3) is 0 Å². The summed E-state index contributed by atoms with van der Waals surface area (Å²) >= 11 is 0. The summed E-state index contributed by atoms with van der Waals surface area (Å²) in [4.78, 5) is 23.2. The molecular formula is C79H147NO28. The van der Waals surface area contributed by atoms with Gasteiger partial charge in [0.25, 0.3) is 0 Å². The Morgan fingerprint density at radius 2 is 0.676 bits per heavy atom. The number of fused-ring (bicyclic) bond motifs is 5. The van der Waals surface area contributed by atoms with Crippen LogP contribution in [0, 0.1) is 46.3 Å². The Kier molecular flexibility index (Phi) is 62.4. The number of aliphatic carboxylic acids is 1. The number of allylic oxidation sites excluding steroid dienone is 1. The number of hydrogen-bond acceptors (Lipinski definition) is 27. The standard InChI is InChI=1S/C79H147NO28/c1-68(2)7-6-8-69(3)73-11-12-74-72-10-9-70-67-71(13-16-78(70,4)75(72)14-17-79(73,74)5)108-77(83)80-18-20-85-22-24-87-26-28-89-30-32-91-34-36-93-38-40-95-42-44-97-46-48-99-50-52-101-54-56-103-58-60-105-62-64-107-66-65-106-63-61-104-59-57-102-55-53-100-51-49-98-47-45-96-43-41-94-39-37-92-35-33-90-31-29-88-27-25-86-23-21-84-19-15-76(81)82/h9,68-69,71-75H,6-8,10-67H2,1-5H3,(H,80,83)(H,81,82)/t69-,71+,72?,73-,74+,75+,78+,79-/m1/s1. The van der Waals surface area contributed by atoms with Gasteiger partial charge in [-0.3, -0.25) is 4.79 Å². The second kappa shape index (κ2) is 68.9. The van der Waals surface area contributed by atoms with Gasteiger partial charge >= 0.3 is 12.1 Å². The first-order chi connectivity index (χ1) is 53.0. The first-order valence-electron chi connectivity index (χ1n) is 40.8. The van der Waals surface area contributed by atoms with Gasteiger partial charge in [-0.25, -0.2) is 4.79 Å². The van der Waals surface area contributed by atoms with Crippen molar-refractivity contribution in [1.82, 2.24) is 5.32 Å². The number of hydrogen-bond donors (Lipinski definition) is 2. The minimum Gasteiger partial charge on any atom is -0.481 e. The molecule has 4 aliphatic rings. The highest BCUT2D eigenvalue weighted by atomic mass is 16.6. The number of rotatable bonds is 81. The van der Waals surface area contributed by atoms with Gasteiger partial charge < -0.3 is 129 Å². The molecule has 4 rings (SSSR count). The minimum absolute atomic E-state index is 0.0109. The zero-order valence-electron chi connectivity index (χ0n) is 67.2. The van der Waals surface area contributed by atoms with E-state index in [1.807, 2.05) is 0 Å². The average molecular weight is 1560 g/mol. The minimum atomic E-state index is -0.880. The Morgan fingerprint density at radius 3 is 0.972 bits per heavy atom. The molecule has 8 atom stereocenters. The predicted molar refractivity (Wildman–Crippen MR) is 403 cm³/mol. The molecule has 0 aromatic rings. The lowest BCUT2D eigenvalue weighted by Crippen LogP contribution is -2.51. The molecule has 0 aromatic heterocycles. The number of alkyl carbamates (subject to hydrolysis) is 1. The van der Waals surface area contributed by atoms with E-state index in [1.165, 1.54) is 51.4 Å². The van der Waals surface area contributed by atoms with Crippen molar-refractivity contribution in [1.29, 1.82) is 0 Å². The maximum absolute atomic E-state index is 12.8. The molecule has 1 amide bonds. The molecule has 29 heteroatoms. The van der Waals surface area contributed by atoms with Gasteiger partial charge in [0.2, 0.25) is 0 Å². The highest BCUT2D eigenvalue weighted by Crippen LogP contribution is 2.67. The Balaban J connectivity index is 0.724. The fraction of sp³-hybridized carbons (Fsp3) is 0.949. The number of carboxylic acid groups (broad SMARTS) is 1. The molecule has 1 unspecified atom stereocenters. The van der Waals surface area contributed by atoms with Crippen LogP contribution in [0.5, 0.6) is 0 Å². The van der Waals surface area contributed by atoms with E-state index in [0.29, 0.717) is 322 Å². The normalized spacial score (nSPS) is 20.8. The Morgan fingerprint density at radius 1 is 0.380 bits per heavy atom. The second-order valence-corrected chi connectivity index (χ2v) is 28.3. The first-order valence-corrected chi connectivity index (χ1v) is 40.8. The number of carbonyl (C=O) groups excluding carboxylic acids is 1. The summed E-state index contributed by atoms with van der Waals surface area (Å²) in [5, 5.41) is 11.4. The van der Waals surface area contributed by atoms with Gasteiger partial charge in [-0.15, -0.1) is 0 Å². The molecule has 3 fully saturated rings. The summed E-state index contributed by atoms with van der Waals surface area (Å²) < 4.78 is 138. The topological polar surface area (TPSA) is 297 Å². The molecule has 0 radical (unpaired) electrons. The molecule has 0 bridgehead atoms. The van der Waals surface area contributed by atoms with E-state index >= 15 is 0 Å². The van der Waals surface area contributed by atoms with Crippen molar-refractivity contribution in [2.24, 2.45) is 46.3 Å². The molecule has 108 heavy (non-hydrogen) atoms. The summed E-state index contributed by atoms with van der Waals surface area (Å²) in [6, 6.07) is 0. The molecule has 2 N–H and O–H groups in total. The molecule has 0 heterocycles. The van der Waals surface area contributed by atoms with E-state index in [1.54, 1.807) is 5.57 Å². The van der Waals surface area contributed by atoms with Crippen molar-refractivity contribution in [2.75, 3.05) is 324 Å². The predicted octanol–water partition coefficient (Wildman–Crippen LogP) is 8.00. The highest BCUT2D eigenvalue weighted by molar-refractivity contribution is 5.67. The number of carboxylic acids is 1. The largest absolute Gasteiger partial charge is 0.481 e. The van der Waals surface area contributed by atoms with Gasteiger partial charge in [0.1, 0.15) is 6.10 Å². The maximum atomic E-state index is 12.8. The smallest absolute Gasteiger partial charge is 0.407 e. The Hall–Kier alpha value is -2.48. The molecule has 29 nitrogen and oxygen atoms in total. The molecule has 0 aromatic carbocycles. The average Bonchev–Trinajstić information content (AvgIpc) is 1.41. The fourth-order valence-corrected chi connectivity index (χ4v) is 14.5. The van der Waals surface area contributed by atoms with Gasteiger partial charge in [0.15, 0.2) is 0 Å². The third kappa shape index (κ3) is 50.0. The van der Waals surface area contributed by atoms with E-state index in [0.717, 1.165) is 54.8 Å². The lowest BCUT2D eigenvalue weighted by atomic mass is 9.47. The van der Waals surface area contributed by atoms with Crippen molar-refractivity contribution in [3.8, 4) is 0 Å². The van der Waals surface area contributed by atoms with E-state index < -0.39 is 5.97 Å². The van der Waals surface area contributed by atoms with Crippen LogP contribution in [0.2, 0.25) is 0 Å². The Bertz CT molecular complexity index is 2080. The van der Waals surface area contributed by atoms with Crippen LogP contribution in [0.4, 0.5) is 4.79 Å². The number of carbonyl (C=O) groups is 2. The number of nitrogens with one attached hydrogen (secondary N) is 1. The van der Waals surface area contributed by atoms with Crippen LogP contribution < -0.4 is 5.32 Å². The van der Waals surface area contributed by atoms with Crippen molar-refractivity contribution in [3.05, 3.63) is 11.6 Å². The molecule has 0 saturated heterocycles. The molecule has 0 spiro atoms. The quantitative estimate of drug-likeness (QED) is 0.0430. The van der Waals surface area contributed by atoms with Crippen LogP contribution in [0.15, 0.2) is 11.6 Å². The summed E-state index contributed by atoms with van der Waals surface area (Å²) in [7, 11) is 0. The third-order valence-electron chi connectivity index (χ3n) is 20.1. The van der Waals surface area contributed by atoms with E-state index in [-0.39, 0.29) is 30.6 Å². The van der Waals surface area contributed by atoms with Crippen molar-refractivity contribution in [2.45, 2.75) is 118 Å². The number of ether oxygens (including phenoxy) is 25. The molecule has 3 saturated carbocycles. The zero-order valence-corrected chi connectivity index (χ0v) is 67.2. The first kappa shape index (κ1) is 97.9. The van der Waals surface area contributed by atoms with Crippen LogP contribution in [-0.4, -0.2) is 347 Å². The van der Waals surface area contributed by atoms with Gasteiger partial charge in [0, 0.05) is 13.0 Å². The van der Waals surface area contributed by atoms with Crippen molar-refractivity contribution in [3.63, 3.8) is 0 Å². The van der Waals surface area contributed by atoms with E-state index in [2.05, 4.69) is 46.0 Å². The van der Waals surface area contributed by atoms with Crippen molar-refractivity contribution < 1.29 is 133 Å². The molecular weight excluding hydrogens is 1410 g/mol. The van der Waals surface area contributed by atoms with Crippen LogP contribution >= 0.6 is 0 Å². The molecule has 4 aliphatic carbocycles. The Labute approximate surface area is 647 Å². The summed E-state index contributed by atoms with van der Waals surface area (Å²) in [6.45, 7) is 35.0. The van der Waals surface area contributed by atoms with Crippen LogP contribution in [0.1, 0.15) is 112 Å². The SMILES string of the molecule is CC(C)CCC[C@@H](C)[C@H]1CC[C@H]2C3CC=C4C[C@@H](OC(=O)NCCOCCOCCOCCOCCOCCOCCOCCOCCOCCOCCOCCOCCOCCOCCOCCOCCOCCOCCOCCOCCOCCOCCOCCOCCC(=O)O)CC[C@]4(C)[C@H]3CC[C@]12C. The van der Waals surface area contributed by atoms with Gasteiger partial charge in [0.05, 0.1) is 324 Å². The summed E-state index contributed by atoms with van der Waals surface area (Å²) in [5.41, 5.74) is 2.28. The maximum Gasteiger partial charge on any atom is 0.407 e. The fourth-order valence-electron chi connectivity index (χ4n) is 14.5. The van der Waals surface area contributed by atoms with E-state index in [4.69, 9.17) is 124 Å². The highest BCUT2D eigenvalue weighted by Gasteiger charge is 2.59. The monoisotopic (exact) mass is 1560 g/mol. The van der Waals surface area contributed by atoms with Gasteiger partial charge in [-0.1, -0.05) is 65.5 Å². The van der Waals surface area contributed by atoms with Gasteiger partial charge in [-0.05, 0) is 91.3 Å². The molecule has 0 aliphatic heterocycles. The molecule has 636 valence electrons. The van der Waals surface area contributed by atoms with Crippen LogP contribution in [0.3, 0.4) is 0 Å². The lowest BCUT2D eigenvalue weighted by Gasteiger charge is -2.58.